The van der Waals surface area contributed by atoms with E-state index < -0.39 is 6.10 Å². The normalized spacial score (nSPS) is 21.6. The van der Waals surface area contributed by atoms with Crippen LogP contribution in [0.15, 0.2) is 42.5 Å². The van der Waals surface area contributed by atoms with Crippen LogP contribution in [0.4, 0.5) is 0 Å². The highest BCUT2D eigenvalue weighted by Crippen LogP contribution is 2.31. The van der Waals surface area contributed by atoms with Crippen LogP contribution in [-0.4, -0.2) is 61.4 Å². The third-order valence-electron chi connectivity index (χ3n) is 5.08. The molecule has 0 unspecified atom stereocenters. The van der Waals surface area contributed by atoms with E-state index in [2.05, 4.69) is 17.0 Å². The summed E-state index contributed by atoms with van der Waals surface area (Å²) in [4.78, 5) is 2.26. The molecule has 2 aliphatic rings. The Labute approximate surface area is 148 Å². The molecule has 25 heavy (non-hydrogen) atoms. The summed E-state index contributed by atoms with van der Waals surface area (Å²) in [6, 6.07) is 14.1. The molecule has 0 saturated carbocycles. The van der Waals surface area contributed by atoms with E-state index in [1.165, 1.54) is 0 Å². The van der Waals surface area contributed by atoms with Gasteiger partial charge in [-0.05, 0) is 11.5 Å². The number of likely N-dealkylation sites (tertiary alicyclic amines) is 1. The summed E-state index contributed by atoms with van der Waals surface area (Å²) in [6.07, 6.45) is 1.21. The highest BCUT2D eigenvalue weighted by molar-refractivity contribution is 5.88. The number of β-amino-alcohol motifs (C(OH)–C–C–N with tert-alkyl or cyclic N) is 1. The molecule has 2 aromatic rings. The van der Waals surface area contributed by atoms with Gasteiger partial charge in [-0.25, -0.2) is 0 Å². The fraction of sp³-hybridized carbons (Fsp3) is 0.500. The molecule has 0 amide bonds. The second-order valence-corrected chi connectivity index (χ2v) is 6.85. The molecule has 1 spiro atoms. The maximum absolute atomic E-state index is 10.4. The van der Waals surface area contributed by atoms with Crippen LogP contribution in [0.2, 0.25) is 0 Å². The minimum absolute atomic E-state index is 0.294. The zero-order chi connectivity index (χ0) is 17.1. The Morgan fingerprint density at radius 3 is 2.56 bits per heavy atom. The first-order valence-corrected chi connectivity index (χ1v) is 9.03. The molecule has 5 nitrogen and oxygen atoms in total. The van der Waals surface area contributed by atoms with E-state index in [4.69, 9.17) is 14.2 Å². The number of rotatable bonds is 5. The number of benzene rings is 2. The minimum Gasteiger partial charge on any atom is -0.490 e. The van der Waals surface area contributed by atoms with Gasteiger partial charge in [0.1, 0.15) is 18.5 Å². The fourth-order valence-corrected chi connectivity index (χ4v) is 3.72. The largest absolute Gasteiger partial charge is 0.490 e. The molecule has 0 radical (unpaired) electrons. The van der Waals surface area contributed by atoms with E-state index in [-0.39, 0.29) is 5.79 Å². The number of hydrogen-bond donors (Lipinski definition) is 1. The van der Waals surface area contributed by atoms with Crippen LogP contribution >= 0.6 is 0 Å². The summed E-state index contributed by atoms with van der Waals surface area (Å²) < 4.78 is 17.4. The summed E-state index contributed by atoms with van der Waals surface area (Å²) in [5.74, 6) is 0.462. The highest BCUT2D eigenvalue weighted by atomic mass is 16.7. The Kier molecular flexibility index (Phi) is 4.90. The minimum atomic E-state index is -0.515. The Morgan fingerprint density at radius 1 is 1.04 bits per heavy atom. The predicted molar refractivity (Wildman–Crippen MR) is 95.8 cm³/mol. The lowest BCUT2D eigenvalue weighted by Gasteiger charge is -2.38. The smallest absolute Gasteiger partial charge is 0.170 e. The lowest BCUT2D eigenvalue weighted by molar-refractivity contribution is -0.186. The molecule has 2 aromatic carbocycles. The van der Waals surface area contributed by atoms with Gasteiger partial charge in [-0.15, -0.1) is 0 Å². The monoisotopic (exact) mass is 343 g/mol. The average Bonchev–Trinajstić information content (AvgIpc) is 3.10. The van der Waals surface area contributed by atoms with Gasteiger partial charge in [-0.3, -0.25) is 0 Å². The van der Waals surface area contributed by atoms with Gasteiger partial charge in [0.15, 0.2) is 5.79 Å². The van der Waals surface area contributed by atoms with Crippen molar-refractivity contribution in [3.8, 4) is 5.75 Å². The summed E-state index contributed by atoms with van der Waals surface area (Å²) in [5.41, 5.74) is 0. The number of nitrogens with zero attached hydrogens (tertiary/aromatic N) is 1. The first-order valence-electron chi connectivity index (χ1n) is 9.03. The lowest BCUT2D eigenvalue weighted by atomic mass is 10.0. The van der Waals surface area contributed by atoms with Gasteiger partial charge < -0.3 is 24.2 Å². The number of fused-ring (bicyclic) bond motifs is 1. The molecule has 4 rings (SSSR count). The number of ether oxygens (including phenoxy) is 3. The van der Waals surface area contributed by atoms with Crippen molar-refractivity contribution >= 4 is 10.8 Å². The van der Waals surface area contributed by atoms with Gasteiger partial charge in [0.05, 0.1) is 13.2 Å². The molecule has 0 bridgehead atoms. The van der Waals surface area contributed by atoms with Crippen molar-refractivity contribution in [3.05, 3.63) is 42.5 Å². The van der Waals surface area contributed by atoms with Crippen LogP contribution in [0.1, 0.15) is 12.8 Å². The van der Waals surface area contributed by atoms with Gasteiger partial charge in [0.2, 0.25) is 0 Å². The molecule has 0 aromatic heterocycles. The van der Waals surface area contributed by atoms with E-state index in [0.29, 0.717) is 26.4 Å². The van der Waals surface area contributed by atoms with Crippen molar-refractivity contribution in [3.63, 3.8) is 0 Å². The molecule has 2 heterocycles. The molecule has 1 N–H and O–H groups in total. The van der Waals surface area contributed by atoms with Gasteiger partial charge in [-0.2, -0.15) is 0 Å². The molecular weight excluding hydrogens is 318 g/mol. The van der Waals surface area contributed by atoms with Gasteiger partial charge in [-0.1, -0.05) is 36.4 Å². The molecule has 1 atom stereocenters. The van der Waals surface area contributed by atoms with Crippen molar-refractivity contribution in [1.82, 2.24) is 4.90 Å². The summed E-state index contributed by atoms with van der Waals surface area (Å²) in [7, 11) is 0. The Hall–Kier alpha value is -1.66. The van der Waals surface area contributed by atoms with E-state index in [0.717, 1.165) is 42.5 Å². The summed E-state index contributed by atoms with van der Waals surface area (Å²) in [5, 5.41) is 12.6. The Balaban J connectivity index is 1.28. The third kappa shape index (κ3) is 3.80. The van der Waals surface area contributed by atoms with Crippen LogP contribution in [0.5, 0.6) is 5.75 Å². The van der Waals surface area contributed by atoms with Crippen LogP contribution in [0, 0.1) is 0 Å². The zero-order valence-corrected chi connectivity index (χ0v) is 14.4. The first-order chi connectivity index (χ1) is 12.2. The summed E-state index contributed by atoms with van der Waals surface area (Å²) in [6.45, 7) is 4.06. The van der Waals surface area contributed by atoms with Crippen molar-refractivity contribution in [2.24, 2.45) is 0 Å². The number of aliphatic hydroxyl groups is 1. The molecule has 5 heteroatoms. The molecule has 134 valence electrons. The number of piperidine rings is 1. The van der Waals surface area contributed by atoms with E-state index >= 15 is 0 Å². The van der Waals surface area contributed by atoms with E-state index in [1.54, 1.807) is 0 Å². The van der Waals surface area contributed by atoms with Gasteiger partial charge in [0.25, 0.3) is 0 Å². The summed E-state index contributed by atoms with van der Waals surface area (Å²) >= 11 is 0. The molecule has 2 fully saturated rings. The molecule has 2 saturated heterocycles. The number of aliphatic hydroxyl groups excluding tert-OH is 1. The third-order valence-corrected chi connectivity index (χ3v) is 5.08. The van der Waals surface area contributed by atoms with Crippen molar-refractivity contribution < 1.29 is 19.3 Å². The predicted octanol–water partition coefficient (Wildman–Crippen LogP) is 2.42. The van der Waals surface area contributed by atoms with Crippen molar-refractivity contribution in [1.29, 1.82) is 0 Å². The maximum atomic E-state index is 10.4. The molecular formula is C20H25NO4. The average molecular weight is 343 g/mol. The SMILES string of the molecule is O[C@H](COc1cccc2ccccc12)CN1CCC2(CC1)OCCO2. The van der Waals surface area contributed by atoms with Crippen LogP contribution in [0.25, 0.3) is 10.8 Å². The second kappa shape index (κ2) is 7.30. The van der Waals surface area contributed by atoms with Crippen molar-refractivity contribution in [2.75, 3.05) is 39.5 Å². The lowest BCUT2D eigenvalue weighted by Crippen LogP contribution is -2.47. The quantitative estimate of drug-likeness (QED) is 0.904. The topological polar surface area (TPSA) is 51.2 Å². The van der Waals surface area contributed by atoms with Crippen molar-refractivity contribution in [2.45, 2.75) is 24.7 Å². The van der Waals surface area contributed by atoms with E-state index in [9.17, 15) is 5.11 Å². The fourth-order valence-electron chi connectivity index (χ4n) is 3.72. The van der Waals surface area contributed by atoms with Crippen LogP contribution in [0.3, 0.4) is 0 Å². The standard InChI is InChI=1S/C20H25NO4/c22-17(14-21-10-8-20(9-11-21)24-12-13-25-20)15-23-19-7-3-5-16-4-1-2-6-18(16)19/h1-7,17,22H,8-15H2/t17-/m0/s1. The van der Waals surface area contributed by atoms with Gasteiger partial charge in [0, 0.05) is 37.9 Å². The zero-order valence-electron chi connectivity index (χ0n) is 14.4. The van der Waals surface area contributed by atoms with Crippen LogP contribution < -0.4 is 4.74 Å². The Morgan fingerprint density at radius 2 is 1.76 bits per heavy atom. The maximum Gasteiger partial charge on any atom is 0.170 e. The van der Waals surface area contributed by atoms with E-state index in [1.807, 2.05) is 30.3 Å². The Bertz CT molecular complexity index is 698. The first kappa shape index (κ1) is 16.8. The molecule has 0 aliphatic carbocycles. The second-order valence-electron chi connectivity index (χ2n) is 6.85. The highest BCUT2D eigenvalue weighted by Gasteiger charge is 2.39. The van der Waals surface area contributed by atoms with Crippen LogP contribution in [-0.2, 0) is 9.47 Å². The van der Waals surface area contributed by atoms with Gasteiger partial charge >= 0.3 is 0 Å². The number of hydrogen-bond acceptors (Lipinski definition) is 5. The molecule has 2 aliphatic heterocycles.